The van der Waals surface area contributed by atoms with E-state index in [1.54, 1.807) is 31.4 Å². The van der Waals surface area contributed by atoms with Crippen molar-refractivity contribution in [2.75, 3.05) is 78.8 Å². The minimum atomic E-state index is -1.68. The summed E-state index contributed by atoms with van der Waals surface area (Å²) in [5, 5.41) is 0.351. The first-order valence-corrected chi connectivity index (χ1v) is 18.9. The molecule has 1 fully saturated rings. The number of benzene rings is 2. The van der Waals surface area contributed by atoms with Crippen LogP contribution < -0.4 is 14.4 Å². The second kappa shape index (κ2) is 19.9. The number of nitrogens with one attached hydrogen (secondary N) is 1. The van der Waals surface area contributed by atoms with E-state index in [0.29, 0.717) is 50.8 Å². The number of aryl methyl sites for hydroxylation is 1. The molecule has 5 atom stereocenters. The second-order valence-electron chi connectivity index (χ2n) is 13.1. The SMILES string of the molecule is COCCOCCOCC(/C(F)=C/CC(C)[C@@H](C)[S+]([O-])NC(=O)c1ccc(OCC2CCCc3cc(Cl)ccc32)c(N(C)C)c1)N1CCC1. The maximum Gasteiger partial charge on any atom is 0.292 e. The normalized spacial score (nSPS) is 18.9. The van der Waals surface area contributed by atoms with Crippen molar-refractivity contribution in [2.45, 2.75) is 63.2 Å². The molecule has 1 N–H and O–H groups in total. The number of hydrogen-bond donors (Lipinski definition) is 1. The molecule has 2 aromatic carbocycles. The fourth-order valence-corrected chi connectivity index (χ4v) is 7.24. The molecule has 1 aliphatic carbocycles. The summed E-state index contributed by atoms with van der Waals surface area (Å²) in [6.07, 6.45) is 6.14. The van der Waals surface area contributed by atoms with Gasteiger partial charge in [-0.25, -0.2) is 4.39 Å². The zero-order chi connectivity index (χ0) is 35.3. The first-order chi connectivity index (χ1) is 23.6. The Morgan fingerprint density at radius 3 is 2.59 bits per heavy atom. The predicted octanol–water partition coefficient (Wildman–Crippen LogP) is 6.32. The quantitative estimate of drug-likeness (QED) is 0.125. The van der Waals surface area contributed by atoms with Gasteiger partial charge in [0.1, 0.15) is 16.8 Å². The van der Waals surface area contributed by atoms with E-state index in [9.17, 15) is 9.35 Å². The van der Waals surface area contributed by atoms with Crippen LogP contribution in [0.25, 0.3) is 0 Å². The second-order valence-corrected chi connectivity index (χ2v) is 15.1. The van der Waals surface area contributed by atoms with E-state index in [1.165, 1.54) is 11.1 Å². The molecule has 12 heteroatoms. The van der Waals surface area contributed by atoms with Crippen LogP contribution in [0.15, 0.2) is 48.3 Å². The first kappa shape index (κ1) is 39.4. The summed E-state index contributed by atoms with van der Waals surface area (Å²) in [5.74, 6) is 0.113. The molecule has 9 nitrogen and oxygen atoms in total. The van der Waals surface area contributed by atoms with E-state index in [1.807, 2.05) is 45.0 Å². The molecular formula is C37H53ClFN3O6S. The van der Waals surface area contributed by atoms with Crippen molar-refractivity contribution in [3.8, 4) is 5.75 Å². The molecule has 0 radical (unpaired) electrons. The first-order valence-electron chi connectivity index (χ1n) is 17.3. The lowest BCUT2D eigenvalue weighted by Crippen LogP contribution is -2.48. The van der Waals surface area contributed by atoms with Gasteiger partial charge in [-0.2, -0.15) is 4.72 Å². The van der Waals surface area contributed by atoms with E-state index >= 15 is 4.39 Å². The van der Waals surface area contributed by atoms with Gasteiger partial charge in [0.2, 0.25) is 0 Å². The number of hydrogen-bond acceptors (Lipinski definition) is 8. The third-order valence-electron chi connectivity index (χ3n) is 9.43. The van der Waals surface area contributed by atoms with Gasteiger partial charge in [-0.3, -0.25) is 9.69 Å². The van der Waals surface area contributed by atoms with E-state index < -0.39 is 28.6 Å². The van der Waals surface area contributed by atoms with Gasteiger partial charge < -0.3 is 28.4 Å². The molecule has 1 saturated heterocycles. The van der Waals surface area contributed by atoms with Crippen LogP contribution in [0.1, 0.15) is 66.9 Å². The minimum Gasteiger partial charge on any atom is -0.593 e. The fraction of sp³-hybridized carbons (Fsp3) is 0.595. The third-order valence-corrected chi connectivity index (χ3v) is 11.2. The number of carbonyl (C=O) groups is 1. The summed E-state index contributed by atoms with van der Waals surface area (Å²) < 4.78 is 53.7. The molecule has 2 aromatic rings. The summed E-state index contributed by atoms with van der Waals surface area (Å²) in [7, 11) is 5.41. The Morgan fingerprint density at radius 1 is 1.12 bits per heavy atom. The molecule has 1 heterocycles. The minimum absolute atomic E-state index is 0.145. The van der Waals surface area contributed by atoms with Crippen LogP contribution in [0.2, 0.25) is 5.02 Å². The molecule has 0 saturated carbocycles. The fourth-order valence-electron chi connectivity index (χ4n) is 6.03. The lowest BCUT2D eigenvalue weighted by Gasteiger charge is -2.37. The molecule has 0 bridgehead atoms. The Bertz CT molecular complexity index is 1380. The van der Waals surface area contributed by atoms with Gasteiger partial charge in [0.05, 0.1) is 62.7 Å². The van der Waals surface area contributed by atoms with Crippen molar-refractivity contribution >= 4 is 34.6 Å². The maximum absolute atomic E-state index is 15.4. The highest BCUT2D eigenvalue weighted by Crippen LogP contribution is 2.35. The van der Waals surface area contributed by atoms with Crippen molar-refractivity contribution in [3.63, 3.8) is 0 Å². The van der Waals surface area contributed by atoms with Crippen LogP contribution in [0.5, 0.6) is 5.75 Å². The Morgan fingerprint density at radius 2 is 1.88 bits per heavy atom. The van der Waals surface area contributed by atoms with E-state index in [0.717, 1.165) is 49.5 Å². The highest BCUT2D eigenvalue weighted by molar-refractivity contribution is 7.90. The number of carbonyl (C=O) groups excluding carboxylic acids is 1. The number of allylic oxidation sites excluding steroid dienone is 1. The molecule has 4 rings (SSSR count). The number of ether oxygens (including phenoxy) is 4. The highest BCUT2D eigenvalue weighted by Gasteiger charge is 2.30. The number of halogens is 2. The summed E-state index contributed by atoms with van der Waals surface area (Å²) in [4.78, 5) is 17.2. The Hall–Kier alpha value is -2.38. The van der Waals surface area contributed by atoms with Gasteiger partial charge in [-0.15, -0.1) is 0 Å². The van der Waals surface area contributed by atoms with Crippen molar-refractivity contribution in [2.24, 2.45) is 5.92 Å². The summed E-state index contributed by atoms with van der Waals surface area (Å²) in [5.41, 5.74) is 3.70. The molecular weight excluding hydrogens is 669 g/mol. The highest BCUT2D eigenvalue weighted by atomic mass is 35.5. The lowest BCUT2D eigenvalue weighted by molar-refractivity contribution is -0.00193. The van der Waals surface area contributed by atoms with E-state index in [4.69, 9.17) is 30.5 Å². The number of rotatable bonds is 20. The van der Waals surface area contributed by atoms with Crippen molar-refractivity contribution < 1.29 is 32.7 Å². The molecule has 2 aliphatic rings. The number of anilines is 1. The predicted molar refractivity (Wildman–Crippen MR) is 195 cm³/mol. The van der Waals surface area contributed by atoms with Crippen LogP contribution in [0.3, 0.4) is 0 Å². The molecule has 1 aliphatic heterocycles. The van der Waals surface area contributed by atoms with Crippen LogP contribution in [-0.2, 0) is 32.0 Å². The van der Waals surface area contributed by atoms with E-state index in [-0.39, 0.29) is 24.3 Å². The molecule has 4 unspecified atom stereocenters. The van der Waals surface area contributed by atoms with Crippen LogP contribution in [0, 0.1) is 5.92 Å². The van der Waals surface area contributed by atoms with Crippen LogP contribution >= 0.6 is 11.6 Å². The average molecular weight is 722 g/mol. The number of nitrogens with zero attached hydrogens (tertiary/aromatic N) is 2. The Balaban J connectivity index is 1.29. The van der Waals surface area contributed by atoms with Crippen LogP contribution in [0.4, 0.5) is 10.1 Å². The summed E-state index contributed by atoms with van der Waals surface area (Å²) in [6, 6.07) is 10.9. The number of amides is 1. The van der Waals surface area contributed by atoms with Crippen molar-refractivity contribution in [1.82, 2.24) is 9.62 Å². The number of fused-ring (bicyclic) bond motifs is 1. The van der Waals surface area contributed by atoms with Crippen molar-refractivity contribution in [3.05, 3.63) is 70.0 Å². The van der Waals surface area contributed by atoms with Gasteiger partial charge in [-0.05, 0) is 80.5 Å². The van der Waals surface area contributed by atoms with Gasteiger partial charge >= 0.3 is 0 Å². The van der Waals surface area contributed by atoms with Gasteiger partial charge in [0.25, 0.3) is 5.91 Å². The van der Waals surface area contributed by atoms with Gasteiger partial charge in [-0.1, -0.05) is 30.7 Å². The zero-order valence-electron chi connectivity index (χ0n) is 29.6. The van der Waals surface area contributed by atoms with Crippen molar-refractivity contribution in [1.29, 1.82) is 0 Å². The molecule has 49 heavy (non-hydrogen) atoms. The molecule has 1 amide bonds. The largest absolute Gasteiger partial charge is 0.593 e. The van der Waals surface area contributed by atoms with Gasteiger partial charge in [0, 0.05) is 56.7 Å². The molecule has 0 aromatic heterocycles. The topological polar surface area (TPSA) is 95.6 Å². The summed E-state index contributed by atoms with van der Waals surface area (Å²) >= 11 is 4.55. The lowest BCUT2D eigenvalue weighted by atomic mass is 9.83. The monoisotopic (exact) mass is 721 g/mol. The average Bonchev–Trinajstić information content (AvgIpc) is 3.06. The number of methoxy groups -OCH3 is 1. The molecule has 0 spiro atoms. The third kappa shape index (κ3) is 11.6. The van der Waals surface area contributed by atoms with Gasteiger partial charge in [0.15, 0.2) is 0 Å². The zero-order valence-corrected chi connectivity index (χ0v) is 31.1. The smallest absolute Gasteiger partial charge is 0.292 e. The molecule has 272 valence electrons. The number of likely N-dealkylation sites (tertiary alicyclic amines) is 1. The maximum atomic E-state index is 15.4. The van der Waals surface area contributed by atoms with Crippen LogP contribution in [-0.4, -0.2) is 101 Å². The standard InChI is InChI=1S/C37H53ClFN3O6S/c1-26(10-14-33(39)35(42-16-7-17-42)25-47-21-20-46-19-18-45-5)27(2)49(44)40-37(43)29-11-15-36(34(23-29)41(3)4)48-24-30-9-6-8-28-22-31(38)12-13-32(28)30/h11-15,22-23,26-27,30,35H,6-10,16-21,24-25H2,1-5H3,(H,40,43)/b33-14-/t26?,27-,30?,35?,49?/m1/s1. The Kier molecular flexibility index (Phi) is 16.0. The Labute approximate surface area is 299 Å². The summed E-state index contributed by atoms with van der Waals surface area (Å²) in [6.45, 7) is 7.96. The van der Waals surface area contributed by atoms with E-state index in [2.05, 4.69) is 15.7 Å².